The molecule has 3 aromatic heterocycles. The van der Waals surface area contributed by atoms with Gasteiger partial charge in [0.15, 0.2) is 16.5 Å². The molecule has 0 aliphatic rings. The van der Waals surface area contributed by atoms with Crippen molar-refractivity contribution in [1.29, 1.82) is 0 Å². The summed E-state index contributed by atoms with van der Waals surface area (Å²) in [5.74, 6) is 0.137. The monoisotopic (exact) mass is 425 g/mol. The molecule has 0 fully saturated rings. The van der Waals surface area contributed by atoms with E-state index in [-0.39, 0.29) is 18.2 Å². The van der Waals surface area contributed by atoms with Crippen molar-refractivity contribution in [3.8, 4) is 17.0 Å². The summed E-state index contributed by atoms with van der Waals surface area (Å²) in [6.45, 7) is 1.47. The second-order valence-electron chi connectivity index (χ2n) is 6.51. The second-order valence-corrected chi connectivity index (χ2v) is 7.74. The number of imidazole rings is 1. The minimum absolute atomic E-state index is 0.0538. The number of aliphatic hydroxyl groups is 2. The number of rotatable bonds is 7. The number of fused-ring (bicyclic) bond motifs is 1. The van der Waals surface area contributed by atoms with E-state index in [2.05, 4.69) is 20.4 Å². The van der Waals surface area contributed by atoms with E-state index >= 15 is 0 Å². The molecule has 3 N–H and O–H groups in total. The molecule has 1 amide bonds. The zero-order chi connectivity index (χ0) is 21.1. The van der Waals surface area contributed by atoms with Crippen LogP contribution >= 0.6 is 11.3 Å². The van der Waals surface area contributed by atoms with E-state index in [0.29, 0.717) is 27.8 Å². The number of carbonyl (C=O) groups is 1. The maximum absolute atomic E-state index is 12.7. The van der Waals surface area contributed by atoms with Crippen LogP contribution in [0.15, 0.2) is 48.8 Å². The van der Waals surface area contributed by atoms with Gasteiger partial charge in [0.1, 0.15) is 18.5 Å². The topological polar surface area (TPSA) is 122 Å². The maximum Gasteiger partial charge on any atom is 0.277 e. The van der Waals surface area contributed by atoms with Crippen LogP contribution in [0.4, 0.5) is 5.13 Å². The van der Waals surface area contributed by atoms with Gasteiger partial charge >= 0.3 is 0 Å². The second kappa shape index (κ2) is 8.57. The molecule has 10 heteroatoms. The molecule has 1 unspecified atom stereocenters. The fourth-order valence-corrected chi connectivity index (χ4v) is 3.45. The summed E-state index contributed by atoms with van der Waals surface area (Å²) in [5.41, 5.74) is 2.04. The molecule has 154 valence electrons. The molecule has 4 aromatic rings. The number of benzene rings is 1. The Morgan fingerprint density at radius 3 is 2.83 bits per heavy atom. The van der Waals surface area contributed by atoms with Crippen LogP contribution in [-0.4, -0.2) is 55.0 Å². The lowest BCUT2D eigenvalue weighted by atomic mass is 10.1. The smallest absolute Gasteiger partial charge is 0.277 e. The van der Waals surface area contributed by atoms with Crippen LogP contribution in [-0.2, 0) is 0 Å². The van der Waals surface area contributed by atoms with Crippen molar-refractivity contribution in [2.24, 2.45) is 0 Å². The van der Waals surface area contributed by atoms with Crippen molar-refractivity contribution in [3.05, 3.63) is 59.4 Å². The third kappa shape index (κ3) is 4.15. The fraction of sp³-hybridized carbons (Fsp3) is 0.200. The first kappa shape index (κ1) is 20.0. The summed E-state index contributed by atoms with van der Waals surface area (Å²) < 4.78 is 7.10. The highest BCUT2D eigenvalue weighted by Crippen LogP contribution is 2.29. The van der Waals surface area contributed by atoms with E-state index in [4.69, 9.17) is 9.84 Å². The number of ether oxygens (including phenoxy) is 1. The van der Waals surface area contributed by atoms with Crippen molar-refractivity contribution < 1.29 is 19.7 Å². The molecular weight excluding hydrogens is 406 g/mol. The molecule has 30 heavy (non-hydrogen) atoms. The van der Waals surface area contributed by atoms with E-state index in [1.807, 2.05) is 19.1 Å². The Labute approximate surface area is 175 Å². The summed E-state index contributed by atoms with van der Waals surface area (Å²) in [6.07, 6.45) is 2.17. The molecule has 0 radical (unpaired) electrons. The van der Waals surface area contributed by atoms with Gasteiger partial charge in [0.25, 0.3) is 5.91 Å². The van der Waals surface area contributed by atoms with Gasteiger partial charge < -0.3 is 14.9 Å². The van der Waals surface area contributed by atoms with Gasteiger partial charge in [-0.15, -0.1) is 11.3 Å². The number of aliphatic hydroxyl groups excluding tert-OH is 2. The van der Waals surface area contributed by atoms with Crippen LogP contribution in [0.3, 0.4) is 0 Å². The van der Waals surface area contributed by atoms with Gasteiger partial charge in [0, 0.05) is 16.6 Å². The number of para-hydroxylation sites is 1. The Bertz CT molecular complexity index is 1190. The van der Waals surface area contributed by atoms with Crippen molar-refractivity contribution in [2.45, 2.75) is 13.0 Å². The van der Waals surface area contributed by atoms with Gasteiger partial charge in [-0.3, -0.25) is 10.1 Å². The number of thiazole rings is 1. The minimum Gasteiger partial charge on any atom is -0.490 e. The number of amides is 1. The lowest BCUT2D eigenvalue weighted by Crippen LogP contribution is -2.21. The van der Waals surface area contributed by atoms with Crippen molar-refractivity contribution in [1.82, 2.24) is 19.6 Å². The summed E-state index contributed by atoms with van der Waals surface area (Å²) in [4.78, 5) is 22.1. The molecule has 3 heterocycles. The van der Waals surface area contributed by atoms with E-state index in [1.54, 1.807) is 30.5 Å². The Balaban J connectivity index is 1.66. The third-order valence-corrected chi connectivity index (χ3v) is 5.07. The molecule has 1 atom stereocenters. The van der Waals surface area contributed by atoms with Gasteiger partial charge in [-0.05, 0) is 31.2 Å². The molecule has 0 saturated carbocycles. The molecule has 4 rings (SSSR count). The molecule has 0 aliphatic carbocycles. The fourth-order valence-electron chi connectivity index (χ4n) is 2.79. The van der Waals surface area contributed by atoms with Crippen LogP contribution < -0.4 is 10.1 Å². The quantitative estimate of drug-likeness (QED) is 0.415. The van der Waals surface area contributed by atoms with Crippen LogP contribution in [0.5, 0.6) is 5.75 Å². The SMILES string of the molecule is Cc1cnc(NC(=O)c2cnc3ccc(-c4ccccc4OCC(O)CO)nn23)s1. The van der Waals surface area contributed by atoms with Gasteiger partial charge in [-0.25, -0.2) is 14.5 Å². The van der Waals surface area contributed by atoms with Gasteiger partial charge in [0.2, 0.25) is 0 Å². The Kier molecular flexibility index (Phi) is 5.70. The normalized spacial score (nSPS) is 12.1. The lowest BCUT2D eigenvalue weighted by molar-refractivity contribution is 0.0538. The average Bonchev–Trinajstić information content (AvgIpc) is 3.37. The summed E-state index contributed by atoms with van der Waals surface area (Å²) >= 11 is 1.38. The summed E-state index contributed by atoms with van der Waals surface area (Å²) in [5, 5.41) is 26.4. The number of aryl methyl sites for hydroxylation is 1. The molecule has 0 aliphatic heterocycles. The number of aromatic nitrogens is 4. The van der Waals surface area contributed by atoms with Crippen LogP contribution in [0.1, 0.15) is 15.4 Å². The van der Waals surface area contributed by atoms with Crippen LogP contribution in [0, 0.1) is 6.92 Å². The molecule has 0 spiro atoms. The predicted molar refractivity (Wildman–Crippen MR) is 112 cm³/mol. The van der Waals surface area contributed by atoms with Crippen molar-refractivity contribution >= 4 is 28.0 Å². The van der Waals surface area contributed by atoms with Crippen LogP contribution in [0.25, 0.3) is 16.9 Å². The van der Waals surface area contributed by atoms with E-state index in [1.165, 1.54) is 22.0 Å². The largest absolute Gasteiger partial charge is 0.490 e. The van der Waals surface area contributed by atoms with Gasteiger partial charge in [0.05, 0.1) is 18.5 Å². The van der Waals surface area contributed by atoms with Gasteiger partial charge in [-0.2, -0.15) is 5.10 Å². The highest BCUT2D eigenvalue weighted by atomic mass is 32.1. The van der Waals surface area contributed by atoms with Crippen LogP contribution in [0.2, 0.25) is 0 Å². The van der Waals surface area contributed by atoms with Crippen molar-refractivity contribution in [2.75, 3.05) is 18.5 Å². The first-order chi connectivity index (χ1) is 14.5. The molecule has 0 bridgehead atoms. The Morgan fingerprint density at radius 2 is 2.07 bits per heavy atom. The number of hydrogen-bond acceptors (Lipinski definition) is 8. The maximum atomic E-state index is 12.7. The molecular formula is C20H19N5O4S. The number of nitrogens with one attached hydrogen (secondary N) is 1. The molecule has 0 saturated heterocycles. The van der Waals surface area contributed by atoms with E-state index < -0.39 is 12.7 Å². The molecule has 1 aromatic carbocycles. The third-order valence-electron chi connectivity index (χ3n) is 4.24. The predicted octanol–water partition coefficient (Wildman–Crippen LogP) is 2.15. The number of hydrogen-bond donors (Lipinski definition) is 3. The zero-order valence-electron chi connectivity index (χ0n) is 16.0. The van der Waals surface area contributed by atoms with E-state index in [0.717, 1.165) is 4.88 Å². The lowest BCUT2D eigenvalue weighted by Gasteiger charge is -2.13. The van der Waals surface area contributed by atoms with E-state index in [9.17, 15) is 9.90 Å². The summed E-state index contributed by atoms with van der Waals surface area (Å²) in [7, 11) is 0. The zero-order valence-corrected chi connectivity index (χ0v) is 16.8. The summed E-state index contributed by atoms with van der Waals surface area (Å²) in [6, 6.07) is 10.7. The van der Waals surface area contributed by atoms with Crippen molar-refractivity contribution in [3.63, 3.8) is 0 Å². The Morgan fingerprint density at radius 1 is 1.23 bits per heavy atom. The number of carbonyl (C=O) groups excluding carboxylic acids is 1. The first-order valence-electron chi connectivity index (χ1n) is 9.15. The first-order valence-corrected chi connectivity index (χ1v) is 9.96. The highest BCUT2D eigenvalue weighted by molar-refractivity contribution is 7.15. The highest BCUT2D eigenvalue weighted by Gasteiger charge is 2.17. The number of anilines is 1. The van der Waals surface area contributed by atoms with Gasteiger partial charge in [-0.1, -0.05) is 12.1 Å². The minimum atomic E-state index is -0.980. The standard InChI is InChI=1S/C20H19N5O4S/c1-12-8-22-20(30-12)23-19(28)16-9-21-18-7-6-15(24-25(16)18)14-4-2-3-5-17(14)29-11-13(27)10-26/h2-9,13,26-27H,10-11H2,1H3,(H,22,23,28). The molecule has 9 nitrogen and oxygen atoms in total. The average molecular weight is 425 g/mol. The Hall–Kier alpha value is -3.34. The number of nitrogens with zero attached hydrogens (tertiary/aromatic N) is 4.